The smallest absolute Gasteiger partial charge is 0.333 e. The van der Waals surface area contributed by atoms with E-state index in [1.54, 1.807) is 0 Å². The van der Waals surface area contributed by atoms with E-state index in [2.05, 4.69) is 147 Å². The summed E-state index contributed by atoms with van der Waals surface area (Å²) in [5, 5.41) is 5.77. The molecule has 0 radical (unpaired) electrons. The van der Waals surface area contributed by atoms with Gasteiger partial charge in [0.25, 0.3) is 11.8 Å². The van der Waals surface area contributed by atoms with Crippen molar-refractivity contribution in [2.45, 2.75) is 96.3 Å². The van der Waals surface area contributed by atoms with Crippen LogP contribution in [-0.2, 0) is 30.1 Å². The molecule has 4 aromatic rings. The molecule has 4 aromatic carbocycles. The van der Waals surface area contributed by atoms with Gasteiger partial charge >= 0.3 is 5.97 Å². The third-order valence-corrected chi connectivity index (χ3v) is 12.3. The number of benzene rings is 4. The van der Waals surface area contributed by atoms with Gasteiger partial charge in [0, 0.05) is 60.3 Å². The number of halogens is 1. The van der Waals surface area contributed by atoms with Gasteiger partial charge in [-0.05, 0) is 102 Å². The van der Waals surface area contributed by atoms with Crippen LogP contribution in [0.1, 0.15) is 96.6 Å². The number of hydroxylamine groups is 2. The summed E-state index contributed by atoms with van der Waals surface area (Å²) in [6, 6.07) is 26.4. The number of rotatable bonds is 10. The van der Waals surface area contributed by atoms with Gasteiger partial charge < -0.3 is 22.1 Å². The summed E-state index contributed by atoms with van der Waals surface area (Å²) in [7, 11) is 2.20. The molecule has 3 heterocycles. The highest BCUT2D eigenvalue weighted by atomic mass is 35.5. The molecule has 3 aliphatic heterocycles. The molecule has 4 aliphatic rings. The van der Waals surface area contributed by atoms with E-state index in [9.17, 15) is 14.4 Å². The van der Waals surface area contributed by atoms with Crippen molar-refractivity contribution in [2.75, 3.05) is 18.5 Å². The fourth-order valence-corrected chi connectivity index (χ4v) is 9.51. The maximum absolute atomic E-state index is 12.4. The van der Waals surface area contributed by atoms with Crippen molar-refractivity contribution in [2.24, 2.45) is 0 Å². The largest absolute Gasteiger partial charge is 1.00 e. The lowest BCUT2D eigenvalue weighted by Gasteiger charge is -2.27. The highest BCUT2D eigenvalue weighted by Gasteiger charge is 2.44. The highest BCUT2D eigenvalue weighted by molar-refractivity contribution is 6.08. The van der Waals surface area contributed by atoms with Gasteiger partial charge in [-0.1, -0.05) is 93.1 Å². The van der Waals surface area contributed by atoms with Crippen LogP contribution in [-0.4, -0.2) is 46.7 Å². The zero-order valence-electron chi connectivity index (χ0n) is 33.7. The third-order valence-electron chi connectivity index (χ3n) is 12.3. The SMILES string of the molecule is C[N+]1=C(/C=C/C2=CC(=C\C=C3/N(CCCCCC(=O)ON4C(=O)CCC4=O)c4ccc5ccccc5c4C3(C)C)/CCC2)C(C)(C)c2c1ccc1ccccc21.[Cl-]. The Balaban J connectivity index is 0.00000496. The van der Waals surface area contributed by atoms with Gasteiger partial charge in [0.2, 0.25) is 5.69 Å². The normalized spacial score (nSPS) is 19.9. The summed E-state index contributed by atoms with van der Waals surface area (Å²) in [5.74, 6) is -1.43. The zero-order chi connectivity index (χ0) is 39.2. The number of hydrogen-bond acceptors (Lipinski definition) is 5. The molecular formula is C49H52ClN3O4. The van der Waals surface area contributed by atoms with Crippen molar-refractivity contribution >= 4 is 56.4 Å². The molecule has 1 fully saturated rings. The Morgan fingerprint density at radius 1 is 0.754 bits per heavy atom. The molecule has 1 saturated heterocycles. The second-order valence-corrected chi connectivity index (χ2v) is 16.8. The topological polar surface area (TPSA) is 69.9 Å². The second kappa shape index (κ2) is 15.9. The van der Waals surface area contributed by atoms with Gasteiger partial charge in [0.1, 0.15) is 7.05 Å². The Morgan fingerprint density at radius 3 is 2.14 bits per heavy atom. The minimum Gasteiger partial charge on any atom is -1.00 e. The van der Waals surface area contributed by atoms with E-state index in [4.69, 9.17) is 4.84 Å². The minimum absolute atomic E-state index is 0. The number of allylic oxidation sites excluding steroid dienone is 8. The molecule has 0 bridgehead atoms. The van der Waals surface area contributed by atoms with E-state index in [0.717, 1.165) is 38.6 Å². The number of carbonyl (C=O) groups excluding carboxylic acids is 3. The number of nitrogens with zero attached hydrogens (tertiary/aromatic N) is 3. The van der Waals surface area contributed by atoms with E-state index < -0.39 is 17.8 Å². The molecule has 0 atom stereocenters. The Labute approximate surface area is 342 Å². The average Bonchev–Trinajstić information content (AvgIpc) is 3.70. The summed E-state index contributed by atoms with van der Waals surface area (Å²) >= 11 is 0. The van der Waals surface area contributed by atoms with Gasteiger partial charge in [-0.3, -0.25) is 9.59 Å². The van der Waals surface area contributed by atoms with Gasteiger partial charge in [-0.25, -0.2) is 4.79 Å². The van der Waals surface area contributed by atoms with Crippen LogP contribution in [0.4, 0.5) is 11.4 Å². The van der Waals surface area contributed by atoms with Gasteiger partial charge in [0.15, 0.2) is 5.71 Å². The number of amides is 2. The molecule has 7 nitrogen and oxygen atoms in total. The van der Waals surface area contributed by atoms with E-state index in [-0.39, 0.29) is 42.5 Å². The molecule has 1 aliphatic carbocycles. The van der Waals surface area contributed by atoms with Crippen molar-refractivity contribution in [1.82, 2.24) is 5.06 Å². The number of imide groups is 1. The number of hydrogen-bond donors (Lipinski definition) is 0. The van der Waals surface area contributed by atoms with Crippen LogP contribution in [0.25, 0.3) is 21.5 Å². The van der Waals surface area contributed by atoms with E-state index in [0.29, 0.717) is 11.5 Å². The Morgan fingerprint density at radius 2 is 1.42 bits per heavy atom. The molecule has 0 unspecified atom stereocenters. The summed E-state index contributed by atoms with van der Waals surface area (Å²) in [6.07, 6.45) is 17.6. The van der Waals surface area contributed by atoms with Crippen molar-refractivity contribution in [3.05, 3.63) is 131 Å². The molecular weight excluding hydrogens is 730 g/mol. The lowest BCUT2D eigenvalue weighted by molar-refractivity contribution is -0.401. The maximum Gasteiger partial charge on any atom is 0.333 e. The summed E-state index contributed by atoms with van der Waals surface area (Å²) in [5.41, 5.74) is 10.2. The molecule has 2 amide bonds. The molecule has 0 N–H and O–H groups in total. The Kier molecular flexibility index (Phi) is 11.2. The second-order valence-electron chi connectivity index (χ2n) is 16.8. The average molecular weight is 782 g/mol. The van der Waals surface area contributed by atoms with E-state index in [1.165, 1.54) is 66.6 Å². The summed E-state index contributed by atoms with van der Waals surface area (Å²) < 4.78 is 2.37. The first-order valence-corrected chi connectivity index (χ1v) is 20.2. The number of unbranched alkanes of at least 4 members (excludes halogenated alkanes) is 2. The van der Waals surface area contributed by atoms with Crippen LogP contribution in [0, 0.1) is 0 Å². The Bertz CT molecular complexity index is 2430. The maximum atomic E-state index is 12.4. The quantitative estimate of drug-likeness (QED) is 0.0951. The lowest BCUT2D eigenvalue weighted by atomic mass is 9.79. The number of carbonyl (C=O) groups is 3. The van der Waals surface area contributed by atoms with Crippen molar-refractivity contribution in [3.8, 4) is 0 Å². The van der Waals surface area contributed by atoms with Crippen molar-refractivity contribution in [1.29, 1.82) is 0 Å². The van der Waals surface area contributed by atoms with Crippen molar-refractivity contribution in [3.63, 3.8) is 0 Å². The lowest BCUT2D eigenvalue weighted by Crippen LogP contribution is -3.00. The van der Waals surface area contributed by atoms with Crippen LogP contribution in [0.2, 0.25) is 0 Å². The predicted octanol–water partition coefficient (Wildman–Crippen LogP) is 7.45. The van der Waals surface area contributed by atoms with Crippen LogP contribution in [0.15, 0.2) is 120 Å². The predicted molar refractivity (Wildman–Crippen MR) is 225 cm³/mol. The standard InChI is InChI=1S/C49H52N3O4.ClH/c1-48(2)41(50(5)39-25-23-35-16-8-10-18-37(35)46(39)48)27-21-33-14-13-15-34(32-33)22-28-42-49(3,4)47-38-19-11-9-17-36(38)24-26-40(47)51(42)31-12-6-7-20-45(55)56-52-43(53)29-30-44(52)54;/h8-11,16-19,21-28,32H,6-7,12-15,20,29-31H2,1-5H3;1H/q+1;/p-1. The van der Waals surface area contributed by atoms with Crippen LogP contribution < -0.4 is 17.3 Å². The summed E-state index contributed by atoms with van der Waals surface area (Å²) in [6.45, 7) is 10.2. The summed E-state index contributed by atoms with van der Waals surface area (Å²) in [4.78, 5) is 43.7. The molecule has 0 spiro atoms. The molecule has 0 saturated carbocycles. The molecule has 0 aromatic heterocycles. The first-order chi connectivity index (χ1) is 26.9. The van der Waals surface area contributed by atoms with Crippen LogP contribution in [0.3, 0.4) is 0 Å². The van der Waals surface area contributed by atoms with Crippen molar-refractivity contribution < 1.29 is 36.2 Å². The minimum atomic E-state index is -0.536. The monoisotopic (exact) mass is 781 g/mol. The fourth-order valence-electron chi connectivity index (χ4n) is 9.51. The fraction of sp³-hybridized carbons (Fsp3) is 0.347. The van der Waals surface area contributed by atoms with E-state index >= 15 is 0 Å². The molecule has 294 valence electrons. The van der Waals surface area contributed by atoms with Crippen LogP contribution in [0.5, 0.6) is 0 Å². The first kappa shape index (κ1) is 39.9. The molecule has 57 heavy (non-hydrogen) atoms. The van der Waals surface area contributed by atoms with Crippen LogP contribution >= 0.6 is 0 Å². The zero-order valence-corrected chi connectivity index (χ0v) is 34.5. The van der Waals surface area contributed by atoms with E-state index in [1.807, 2.05) is 0 Å². The molecule has 8 heteroatoms. The first-order valence-electron chi connectivity index (χ1n) is 20.2. The third kappa shape index (κ3) is 7.38. The highest BCUT2D eigenvalue weighted by Crippen LogP contribution is 2.51. The number of anilines is 1. The van der Waals surface area contributed by atoms with Gasteiger partial charge in [-0.2, -0.15) is 4.58 Å². The van der Waals surface area contributed by atoms with Gasteiger partial charge in [-0.15, -0.1) is 5.06 Å². The Hall–Kier alpha value is -5.27. The number of fused-ring (bicyclic) bond motifs is 6. The van der Waals surface area contributed by atoms with Gasteiger partial charge in [0.05, 0.1) is 5.41 Å². The molecule has 8 rings (SSSR count).